The number of halogens is 4. The van der Waals surface area contributed by atoms with Crippen LogP contribution in [-0.4, -0.2) is 52.5 Å². The van der Waals surface area contributed by atoms with Crippen LogP contribution >= 0.6 is 0 Å². The molecule has 0 spiro atoms. The van der Waals surface area contributed by atoms with Crippen molar-refractivity contribution in [3.63, 3.8) is 0 Å². The fraction of sp³-hybridized carbons (Fsp3) is 0.600. The van der Waals surface area contributed by atoms with Gasteiger partial charge >= 0.3 is 23.9 Å². The van der Waals surface area contributed by atoms with Crippen molar-refractivity contribution in [2.75, 3.05) is 19.6 Å². The topological polar surface area (TPSA) is 133 Å². The monoisotopic (exact) mass is 412 g/mol. The summed E-state index contributed by atoms with van der Waals surface area (Å²) < 4.78 is 45.3. The smallest absolute Gasteiger partial charge is 0.475 e. The number of H-pyrrole nitrogens is 1. The van der Waals surface area contributed by atoms with Gasteiger partial charge in [-0.25, -0.2) is 19.0 Å². The van der Waals surface area contributed by atoms with Crippen LogP contribution in [0.25, 0.3) is 0 Å². The molecule has 1 fully saturated rings. The second-order valence-electron chi connectivity index (χ2n) is 5.98. The molecule has 13 heteroatoms. The zero-order valence-corrected chi connectivity index (χ0v) is 14.6. The van der Waals surface area contributed by atoms with Gasteiger partial charge in [-0.1, -0.05) is 0 Å². The molecule has 1 aromatic heterocycles. The Morgan fingerprint density at radius 2 is 1.82 bits per heavy atom. The predicted octanol–water partition coefficient (Wildman–Crippen LogP) is 0.646. The van der Waals surface area contributed by atoms with E-state index in [1.807, 2.05) is 0 Å². The van der Waals surface area contributed by atoms with Crippen LogP contribution in [0.2, 0.25) is 0 Å². The first-order valence-electron chi connectivity index (χ1n) is 8.33. The van der Waals surface area contributed by atoms with E-state index < -0.39 is 35.2 Å². The Morgan fingerprint density at radius 1 is 1.25 bits per heavy atom. The zero-order chi connectivity index (χ0) is 21.3. The van der Waals surface area contributed by atoms with E-state index in [9.17, 15) is 31.9 Å². The number of alkyl halides is 3. The molecule has 28 heavy (non-hydrogen) atoms. The fourth-order valence-corrected chi connectivity index (χ4v) is 2.44. The van der Waals surface area contributed by atoms with Crippen molar-refractivity contribution in [1.29, 1.82) is 0 Å². The van der Waals surface area contributed by atoms with Gasteiger partial charge in [0, 0.05) is 6.54 Å². The summed E-state index contributed by atoms with van der Waals surface area (Å²) in [7, 11) is 0. The summed E-state index contributed by atoms with van der Waals surface area (Å²) in [6, 6.07) is -0.736. The van der Waals surface area contributed by atoms with Crippen LogP contribution in [0.1, 0.15) is 25.7 Å². The number of carbonyl (C=O) groups is 2. The van der Waals surface area contributed by atoms with E-state index in [0.717, 1.165) is 38.8 Å². The number of nitrogens with one attached hydrogen (secondary N) is 3. The van der Waals surface area contributed by atoms with Crippen molar-refractivity contribution in [2.24, 2.45) is 5.92 Å². The Kier molecular flexibility index (Phi) is 8.82. The molecule has 1 aliphatic rings. The third kappa shape index (κ3) is 7.90. The molecule has 158 valence electrons. The average molecular weight is 412 g/mol. The highest BCUT2D eigenvalue weighted by atomic mass is 19.4. The summed E-state index contributed by atoms with van der Waals surface area (Å²) in [6.45, 7) is 2.47. The highest BCUT2D eigenvalue weighted by Gasteiger charge is 2.38. The van der Waals surface area contributed by atoms with Crippen molar-refractivity contribution in [3.05, 3.63) is 32.9 Å². The molecule has 4 N–H and O–H groups in total. The lowest BCUT2D eigenvalue weighted by Gasteiger charge is -2.22. The van der Waals surface area contributed by atoms with Crippen LogP contribution in [0.15, 0.2) is 15.8 Å². The summed E-state index contributed by atoms with van der Waals surface area (Å²) >= 11 is 0. The summed E-state index contributed by atoms with van der Waals surface area (Å²) in [5.41, 5.74) is -2.08. The minimum absolute atomic E-state index is 0.413. The first kappa shape index (κ1) is 23.3. The number of hydrogen-bond donors (Lipinski definition) is 4. The minimum atomic E-state index is -5.08. The van der Waals surface area contributed by atoms with Gasteiger partial charge in [0.1, 0.15) is 0 Å². The van der Waals surface area contributed by atoms with E-state index >= 15 is 0 Å². The molecule has 2 rings (SSSR count). The third-order valence-corrected chi connectivity index (χ3v) is 3.88. The normalized spacial score (nSPS) is 14.7. The first-order valence-corrected chi connectivity index (χ1v) is 8.33. The molecular weight excluding hydrogens is 392 g/mol. The Hall–Kier alpha value is -2.70. The predicted molar refractivity (Wildman–Crippen MR) is 88.6 cm³/mol. The lowest BCUT2D eigenvalue weighted by molar-refractivity contribution is -0.192. The number of hydrogen-bond acceptors (Lipinski definition) is 5. The molecule has 1 aromatic rings. The third-order valence-electron chi connectivity index (χ3n) is 3.88. The molecular formula is C15H20F4N4O5. The number of aromatic amines is 1. The molecule has 0 bridgehead atoms. The van der Waals surface area contributed by atoms with Crippen molar-refractivity contribution in [1.82, 2.24) is 20.2 Å². The number of piperidine rings is 1. The Balaban J connectivity index is 0.000000480. The van der Waals surface area contributed by atoms with Crippen molar-refractivity contribution >= 4 is 12.0 Å². The zero-order valence-electron chi connectivity index (χ0n) is 14.6. The van der Waals surface area contributed by atoms with Crippen LogP contribution in [0.3, 0.4) is 0 Å². The maximum absolute atomic E-state index is 13.1. The van der Waals surface area contributed by atoms with Crippen LogP contribution in [-0.2, 0) is 4.79 Å². The van der Waals surface area contributed by atoms with E-state index in [4.69, 9.17) is 9.90 Å². The van der Waals surface area contributed by atoms with Gasteiger partial charge in [-0.3, -0.25) is 9.78 Å². The van der Waals surface area contributed by atoms with Crippen LogP contribution in [0.5, 0.6) is 0 Å². The van der Waals surface area contributed by atoms with Gasteiger partial charge in [0.25, 0.3) is 5.56 Å². The maximum atomic E-state index is 13.1. The molecule has 0 saturated carbocycles. The van der Waals surface area contributed by atoms with Gasteiger partial charge in [0.05, 0.1) is 6.20 Å². The molecule has 0 aromatic carbocycles. The molecule has 0 radical (unpaired) electrons. The minimum Gasteiger partial charge on any atom is -0.475 e. The number of carboxylic acid groups (broad SMARTS) is 1. The van der Waals surface area contributed by atoms with Crippen molar-refractivity contribution < 1.29 is 32.3 Å². The van der Waals surface area contributed by atoms with Crippen molar-refractivity contribution in [3.8, 4) is 0 Å². The Labute approximate surface area is 155 Å². The second-order valence-corrected chi connectivity index (χ2v) is 5.98. The summed E-state index contributed by atoms with van der Waals surface area (Å²) in [5.74, 6) is -3.26. The molecule has 1 saturated heterocycles. The molecule has 1 aliphatic heterocycles. The summed E-state index contributed by atoms with van der Waals surface area (Å²) in [6.07, 6.45) is -0.395. The number of amides is 1. The van der Waals surface area contributed by atoms with Gasteiger partial charge in [0.2, 0.25) is 5.82 Å². The highest BCUT2D eigenvalue weighted by Crippen LogP contribution is 2.17. The number of aliphatic carboxylic acids is 1. The second kappa shape index (κ2) is 10.6. The first-order chi connectivity index (χ1) is 13.0. The van der Waals surface area contributed by atoms with Crippen LogP contribution in [0, 0.1) is 11.7 Å². The van der Waals surface area contributed by atoms with E-state index in [2.05, 4.69) is 10.6 Å². The lowest BCUT2D eigenvalue weighted by atomic mass is 9.93. The maximum Gasteiger partial charge on any atom is 0.490 e. The molecule has 0 atom stereocenters. The Bertz CT molecular complexity index is 784. The van der Waals surface area contributed by atoms with Gasteiger partial charge in [-0.15, -0.1) is 0 Å². The number of nitrogens with zero attached hydrogens (tertiary/aromatic N) is 1. The van der Waals surface area contributed by atoms with Gasteiger partial charge in [-0.05, 0) is 44.7 Å². The molecule has 0 aliphatic carbocycles. The number of aromatic nitrogens is 2. The molecule has 9 nitrogen and oxygen atoms in total. The number of carboxylic acids is 1. The van der Waals surface area contributed by atoms with E-state index in [1.165, 1.54) is 0 Å². The quantitative estimate of drug-likeness (QED) is 0.424. The largest absolute Gasteiger partial charge is 0.490 e. The van der Waals surface area contributed by atoms with Crippen LogP contribution < -0.4 is 21.9 Å². The van der Waals surface area contributed by atoms with Gasteiger partial charge < -0.3 is 15.7 Å². The lowest BCUT2D eigenvalue weighted by Crippen LogP contribution is -2.41. The highest BCUT2D eigenvalue weighted by molar-refractivity contribution is 5.76. The SMILES string of the molecule is O=C(NCCCC1CCNCC1)n1cc(F)c(=O)[nH]c1=O.O=C(O)C(F)(F)F. The van der Waals surface area contributed by atoms with Gasteiger partial charge in [-0.2, -0.15) is 17.6 Å². The standard InChI is InChI=1S/C13H19FN4O3.C2HF3O2/c14-10-8-18(13(21)17-11(10)19)12(20)16-5-1-2-9-3-6-15-7-4-9;3-2(4,5)1(6)7/h8-9,15H,1-7H2,(H,16,20)(H,17,19,21);(H,6,7). The summed E-state index contributed by atoms with van der Waals surface area (Å²) in [4.78, 5) is 44.6. The van der Waals surface area contributed by atoms with Crippen LogP contribution in [0.4, 0.5) is 22.4 Å². The molecule has 1 amide bonds. The Morgan fingerprint density at radius 3 is 2.36 bits per heavy atom. The van der Waals surface area contributed by atoms with Gasteiger partial charge in [0.15, 0.2) is 0 Å². The number of rotatable bonds is 4. The molecule has 0 unspecified atom stereocenters. The van der Waals surface area contributed by atoms with E-state index in [0.29, 0.717) is 23.2 Å². The average Bonchev–Trinajstić information content (AvgIpc) is 2.62. The molecule has 2 heterocycles. The number of carbonyl (C=O) groups excluding carboxylic acids is 1. The summed E-state index contributed by atoms with van der Waals surface area (Å²) in [5, 5.41) is 13.0. The van der Waals surface area contributed by atoms with E-state index in [1.54, 1.807) is 4.98 Å². The fourth-order valence-electron chi connectivity index (χ4n) is 2.44. The van der Waals surface area contributed by atoms with E-state index in [-0.39, 0.29) is 0 Å². The van der Waals surface area contributed by atoms with Crippen molar-refractivity contribution in [2.45, 2.75) is 31.9 Å².